The van der Waals surface area contributed by atoms with Gasteiger partial charge in [-0.15, -0.1) is 11.3 Å². The zero-order valence-corrected chi connectivity index (χ0v) is 7.70. The maximum absolute atomic E-state index is 5.60. The van der Waals surface area contributed by atoms with Crippen molar-refractivity contribution in [3.05, 3.63) is 17.0 Å². The molecule has 11 heavy (non-hydrogen) atoms. The highest BCUT2D eigenvalue weighted by molar-refractivity contribution is 7.12. The Balaban J connectivity index is 2.32. The minimum Gasteiger partial charge on any atom is -0.483 e. The van der Waals surface area contributed by atoms with Gasteiger partial charge in [0.1, 0.15) is 0 Å². The first-order valence-electron chi connectivity index (χ1n) is 3.87. The Morgan fingerprint density at radius 1 is 1.55 bits per heavy atom. The number of thiophene rings is 1. The van der Waals surface area contributed by atoms with Gasteiger partial charge in [0.2, 0.25) is 0 Å². The molecule has 0 aliphatic carbocycles. The molecule has 1 aromatic heterocycles. The van der Waals surface area contributed by atoms with Crippen molar-refractivity contribution in [1.82, 2.24) is 0 Å². The lowest BCUT2D eigenvalue weighted by molar-refractivity contribution is 0.160. The zero-order valence-electron chi connectivity index (χ0n) is 6.89. The van der Waals surface area contributed by atoms with E-state index in [-0.39, 0.29) is 0 Å². The Morgan fingerprint density at radius 2 is 2.36 bits per heavy atom. The van der Waals surface area contributed by atoms with Crippen LogP contribution >= 0.6 is 11.3 Å². The summed E-state index contributed by atoms with van der Waals surface area (Å²) in [5, 5.41) is 3.23. The molecule has 1 aliphatic heterocycles. The summed E-state index contributed by atoms with van der Waals surface area (Å²) in [5.74, 6) is 0. The van der Waals surface area contributed by atoms with E-state index >= 15 is 0 Å². The van der Waals surface area contributed by atoms with E-state index in [2.05, 4.69) is 25.3 Å². The third-order valence-electron chi connectivity index (χ3n) is 1.97. The summed E-state index contributed by atoms with van der Waals surface area (Å²) in [6.45, 7) is 5.35. The minimum absolute atomic E-state index is 0.327. The van der Waals surface area contributed by atoms with Gasteiger partial charge >= 0.3 is 0 Å². The molecule has 0 unspecified atom stereocenters. The second kappa shape index (κ2) is 2.24. The molecule has 0 bridgehead atoms. The average Bonchev–Trinajstić information content (AvgIpc) is 2.31. The molecule has 0 aromatic carbocycles. The number of fused-ring (bicyclic) bond motifs is 1. The highest BCUT2D eigenvalue weighted by Crippen LogP contribution is 2.37. The molecule has 1 nitrogen and oxygen atoms in total. The fourth-order valence-electron chi connectivity index (χ4n) is 1.41. The van der Waals surface area contributed by atoms with Gasteiger partial charge < -0.3 is 4.74 Å². The summed E-state index contributed by atoms with van der Waals surface area (Å²) >= 11 is 1.70. The molecule has 0 spiro atoms. The predicted molar refractivity (Wildman–Crippen MR) is 47.3 cm³/mol. The summed E-state index contributed by atoms with van der Waals surface area (Å²) in [7, 11) is 0. The van der Waals surface area contributed by atoms with Crippen LogP contribution < -0.4 is 4.74 Å². The lowest BCUT2D eigenvalue weighted by Gasteiger charge is -2.29. The van der Waals surface area contributed by atoms with Crippen LogP contribution in [0.3, 0.4) is 0 Å². The van der Waals surface area contributed by atoms with Crippen molar-refractivity contribution < 1.29 is 4.74 Å². The molecule has 2 rings (SSSR count). The third-order valence-corrected chi connectivity index (χ3v) is 2.84. The molecule has 0 N–H and O–H groups in total. The molecule has 0 fully saturated rings. The van der Waals surface area contributed by atoms with Crippen LogP contribution in [-0.2, 0) is 6.42 Å². The van der Waals surface area contributed by atoms with Crippen LogP contribution in [0.2, 0.25) is 0 Å². The standard InChI is InChI=1S/C9H12OS/c1-9(2)5-7-3-4-11-8(7)10-6-9/h3-4H,5-6H2,1-2H3. The van der Waals surface area contributed by atoms with Crippen LogP contribution in [0.5, 0.6) is 5.06 Å². The molecule has 2 heteroatoms. The molecule has 0 saturated heterocycles. The highest BCUT2D eigenvalue weighted by Gasteiger charge is 2.26. The topological polar surface area (TPSA) is 9.23 Å². The average molecular weight is 168 g/mol. The van der Waals surface area contributed by atoms with E-state index in [0.29, 0.717) is 5.41 Å². The van der Waals surface area contributed by atoms with Crippen molar-refractivity contribution in [2.45, 2.75) is 20.3 Å². The fraction of sp³-hybridized carbons (Fsp3) is 0.556. The fourth-order valence-corrected chi connectivity index (χ4v) is 2.18. The molecular formula is C9H12OS. The van der Waals surface area contributed by atoms with Crippen molar-refractivity contribution in [2.75, 3.05) is 6.61 Å². The Bertz CT molecular complexity index is 262. The second-order valence-corrected chi connectivity index (χ2v) is 4.74. The Kier molecular flexibility index (Phi) is 1.46. The van der Waals surface area contributed by atoms with Gasteiger partial charge in [-0.1, -0.05) is 13.8 Å². The van der Waals surface area contributed by atoms with Crippen LogP contribution in [0.15, 0.2) is 11.4 Å². The largest absolute Gasteiger partial charge is 0.483 e. The monoisotopic (exact) mass is 168 g/mol. The van der Waals surface area contributed by atoms with Gasteiger partial charge in [0, 0.05) is 11.0 Å². The summed E-state index contributed by atoms with van der Waals surface area (Å²) in [4.78, 5) is 0. The summed E-state index contributed by atoms with van der Waals surface area (Å²) in [6, 6.07) is 2.17. The molecular weight excluding hydrogens is 156 g/mol. The van der Waals surface area contributed by atoms with Crippen molar-refractivity contribution >= 4 is 11.3 Å². The molecule has 0 atom stereocenters. The van der Waals surface area contributed by atoms with Crippen molar-refractivity contribution in [3.8, 4) is 5.06 Å². The molecule has 0 amide bonds. The Hall–Kier alpha value is -0.500. The van der Waals surface area contributed by atoms with Crippen LogP contribution in [-0.4, -0.2) is 6.61 Å². The number of ether oxygens (including phenoxy) is 1. The van der Waals surface area contributed by atoms with Crippen LogP contribution in [0.1, 0.15) is 19.4 Å². The SMILES string of the molecule is CC1(C)COc2sccc2C1. The van der Waals surface area contributed by atoms with E-state index in [1.807, 2.05) is 0 Å². The highest BCUT2D eigenvalue weighted by atomic mass is 32.1. The van der Waals surface area contributed by atoms with E-state index in [1.54, 1.807) is 11.3 Å². The predicted octanol–water partition coefficient (Wildman–Crippen LogP) is 2.71. The molecule has 1 aliphatic rings. The summed E-state index contributed by atoms with van der Waals surface area (Å²) < 4.78 is 5.60. The molecule has 60 valence electrons. The normalized spacial score (nSPS) is 20.5. The maximum atomic E-state index is 5.60. The van der Waals surface area contributed by atoms with E-state index < -0.39 is 0 Å². The van der Waals surface area contributed by atoms with E-state index in [1.165, 1.54) is 5.56 Å². The first kappa shape index (κ1) is 7.17. The van der Waals surface area contributed by atoms with E-state index in [0.717, 1.165) is 18.1 Å². The van der Waals surface area contributed by atoms with E-state index in [9.17, 15) is 0 Å². The lowest BCUT2D eigenvalue weighted by atomic mass is 9.86. The van der Waals surface area contributed by atoms with Crippen LogP contribution in [0.4, 0.5) is 0 Å². The first-order valence-corrected chi connectivity index (χ1v) is 4.74. The Morgan fingerprint density at radius 3 is 3.18 bits per heavy atom. The molecule has 0 saturated carbocycles. The van der Waals surface area contributed by atoms with Gasteiger partial charge in [-0.3, -0.25) is 0 Å². The van der Waals surface area contributed by atoms with Gasteiger partial charge in [0.25, 0.3) is 0 Å². The summed E-state index contributed by atoms with van der Waals surface area (Å²) in [5.41, 5.74) is 1.71. The molecule has 2 heterocycles. The number of rotatable bonds is 0. The van der Waals surface area contributed by atoms with Gasteiger partial charge in [-0.25, -0.2) is 0 Å². The lowest BCUT2D eigenvalue weighted by Crippen LogP contribution is -2.27. The van der Waals surface area contributed by atoms with Crippen LogP contribution in [0.25, 0.3) is 0 Å². The summed E-state index contributed by atoms with van der Waals surface area (Å²) in [6.07, 6.45) is 1.16. The molecule has 0 radical (unpaired) electrons. The zero-order chi connectivity index (χ0) is 7.90. The van der Waals surface area contributed by atoms with Gasteiger partial charge in [0.05, 0.1) is 6.61 Å². The van der Waals surface area contributed by atoms with Gasteiger partial charge in [0.15, 0.2) is 5.06 Å². The number of hydrogen-bond donors (Lipinski definition) is 0. The number of hydrogen-bond acceptors (Lipinski definition) is 2. The maximum Gasteiger partial charge on any atom is 0.176 e. The molecule has 1 aromatic rings. The minimum atomic E-state index is 0.327. The van der Waals surface area contributed by atoms with Gasteiger partial charge in [-0.2, -0.15) is 0 Å². The van der Waals surface area contributed by atoms with Crippen molar-refractivity contribution in [2.24, 2.45) is 5.41 Å². The van der Waals surface area contributed by atoms with Crippen molar-refractivity contribution in [1.29, 1.82) is 0 Å². The van der Waals surface area contributed by atoms with Crippen molar-refractivity contribution in [3.63, 3.8) is 0 Å². The smallest absolute Gasteiger partial charge is 0.176 e. The van der Waals surface area contributed by atoms with E-state index in [4.69, 9.17) is 4.74 Å². The van der Waals surface area contributed by atoms with Crippen LogP contribution in [0, 0.1) is 5.41 Å². The van der Waals surface area contributed by atoms with Gasteiger partial charge in [-0.05, 0) is 17.9 Å². The third kappa shape index (κ3) is 1.27. The Labute approximate surface area is 71.0 Å². The first-order chi connectivity index (χ1) is 5.17. The second-order valence-electron chi connectivity index (χ2n) is 3.86. The quantitative estimate of drug-likeness (QED) is 0.578.